The Bertz CT molecular complexity index is 1620. The molecule has 3 aliphatic rings. The molecule has 3 saturated heterocycles. The van der Waals surface area contributed by atoms with E-state index in [0.717, 1.165) is 11.1 Å². The molecule has 1 N–H and O–H groups in total. The number of aromatic nitrogens is 3. The van der Waals surface area contributed by atoms with Crippen LogP contribution in [0.2, 0.25) is 0 Å². The molecule has 45 heavy (non-hydrogen) atoms. The lowest BCUT2D eigenvalue weighted by Gasteiger charge is -2.39. The zero-order valence-corrected chi connectivity index (χ0v) is 27.5. The van der Waals surface area contributed by atoms with Gasteiger partial charge in [-0.15, -0.1) is 30.0 Å². The predicted octanol–water partition coefficient (Wildman–Crippen LogP) is 3.46. The van der Waals surface area contributed by atoms with E-state index in [1.165, 1.54) is 0 Å². The summed E-state index contributed by atoms with van der Waals surface area (Å²) in [6.07, 6.45) is 3.90. The Balaban J connectivity index is 1.37. The van der Waals surface area contributed by atoms with Crippen LogP contribution in [0.4, 0.5) is 0 Å². The molecule has 236 valence electrons. The Labute approximate surface area is 275 Å². The van der Waals surface area contributed by atoms with E-state index in [4.69, 9.17) is 0 Å². The Kier molecular flexibility index (Phi) is 8.91. The fourth-order valence-electron chi connectivity index (χ4n) is 7.32. The summed E-state index contributed by atoms with van der Waals surface area (Å²) < 4.78 is 0.811. The number of rotatable bonds is 12. The van der Waals surface area contributed by atoms with Crippen LogP contribution in [0.5, 0.6) is 0 Å². The molecule has 0 radical (unpaired) electrons. The second-order valence-corrected chi connectivity index (χ2v) is 14.7. The second-order valence-electron chi connectivity index (χ2n) is 12.0. The first kappa shape index (κ1) is 31.5. The van der Waals surface area contributed by atoms with Crippen molar-refractivity contribution >= 4 is 56.4 Å². The third-order valence-corrected chi connectivity index (χ3v) is 12.5. The summed E-state index contributed by atoms with van der Waals surface area (Å²) in [5.41, 5.74) is 2.47. The van der Waals surface area contributed by atoms with E-state index < -0.39 is 28.7 Å². The maximum atomic E-state index is 14.8. The van der Waals surface area contributed by atoms with E-state index in [9.17, 15) is 19.5 Å². The van der Waals surface area contributed by atoms with Crippen molar-refractivity contribution in [3.63, 3.8) is 0 Å². The van der Waals surface area contributed by atoms with Crippen LogP contribution in [0.1, 0.15) is 18.9 Å². The highest BCUT2D eigenvalue weighted by Gasteiger charge is 2.76. The highest BCUT2D eigenvalue weighted by molar-refractivity contribution is 9.09. The van der Waals surface area contributed by atoms with Gasteiger partial charge in [0, 0.05) is 29.7 Å². The number of benzene rings is 2. The number of hydrogen-bond donors (Lipinski definition) is 1. The van der Waals surface area contributed by atoms with Crippen LogP contribution in [0.15, 0.2) is 79.9 Å². The number of carbonyl (C=O) groups excluding carboxylic acids is 3. The van der Waals surface area contributed by atoms with Gasteiger partial charge in [-0.2, -0.15) is 0 Å². The standard InChI is InChI=1S/C33H37BrN6O4S/c1-4-15-37(18-22-11-7-6-8-12-22)30(42)26-27-31(43)40(21(3)19-41)29(33(27)17-23(34)28(26)45-33)32(44)38(16-5-2)20-39-25-14-10-9-13-24(25)35-36-39/h4-14,21,23,26-29,41H,1-2,15-20H2,3H3/t21-,23?,26-,27+,28-,29?,33?/m1/s1. The minimum absolute atomic E-state index is 0.0744. The van der Waals surface area contributed by atoms with Crippen LogP contribution >= 0.6 is 27.7 Å². The van der Waals surface area contributed by atoms with Crippen LogP contribution in [0.25, 0.3) is 11.0 Å². The van der Waals surface area contributed by atoms with Crippen molar-refractivity contribution in [3.8, 4) is 0 Å². The van der Waals surface area contributed by atoms with Crippen LogP contribution < -0.4 is 0 Å². The molecule has 3 fully saturated rings. The average molecular weight is 694 g/mol. The molecule has 1 spiro atoms. The number of halogens is 1. The van der Waals surface area contributed by atoms with Gasteiger partial charge in [-0.05, 0) is 31.0 Å². The molecule has 0 aliphatic carbocycles. The molecule has 4 heterocycles. The summed E-state index contributed by atoms with van der Waals surface area (Å²) in [7, 11) is 0. The Morgan fingerprint density at radius 3 is 2.51 bits per heavy atom. The van der Waals surface area contributed by atoms with E-state index in [-0.39, 0.29) is 47.6 Å². The fraction of sp³-hybridized carbons (Fsp3) is 0.424. The number of aliphatic hydroxyl groups excluding tert-OH is 1. The minimum atomic E-state index is -0.887. The average Bonchev–Trinajstić information content (AvgIpc) is 3.77. The zero-order valence-electron chi connectivity index (χ0n) is 25.1. The summed E-state index contributed by atoms with van der Waals surface area (Å²) in [6, 6.07) is 15.8. The number of nitrogens with zero attached hydrogens (tertiary/aromatic N) is 6. The third kappa shape index (κ3) is 5.30. The molecule has 0 saturated carbocycles. The number of para-hydroxylation sites is 1. The number of carbonyl (C=O) groups is 3. The maximum absolute atomic E-state index is 14.8. The van der Waals surface area contributed by atoms with Crippen molar-refractivity contribution in [2.75, 3.05) is 19.7 Å². The molecule has 3 unspecified atom stereocenters. The molecule has 10 nitrogen and oxygen atoms in total. The third-order valence-electron chi connectivity index (χ3n) is 9.25. The van der Waals surface area contributed by atoms with Crippen LogP contribution in [-0.4, -0.2) is 99.1 Å². The minimum Gasteiger partial charge on any atom is -0.394 e. The Hall–Kier alpha value is -3.48. The summed E-state index contributed by atoms with van der Waals surface area (Å²) in [4.78, 5) is 48.6. The molecule has 3 amide bonds. The topological polar surface area (TPSA) is 112 Å². The van der Waals surface area contributed by atoms with Gasteiger partial charge in [0.1, 0.15) is 18.2 Å². The Morgan fingerprint density at radius 1 is 1.11 bits per heavy atom. The number of likely N-dealkylation sites (tertiary alicyclic amines) is 1. The van der Waals surface area contributed by atoms with Crippen molar-refractivity contribution in [1.29, 1.82) is 0 Å². The first-order valence-corrected chi connectivity index (χ1v) is 16.9. The molecule has 2 aromatic carbocycles. The number of fused-ring (bicyclic) bond motifs is 2. The van der Waals surface area contributed by atoms with E-state index in [2.05, 4.69) is 39.4 Å². The summed E-state index contributed by atoms with van der Waals surface area (Å²) >= 11 is 5.43. The van der Waals surface area contributed by atoms with Crippen molar-refractivity contribution in [3.05, 3.63) is 85.5 Å². The summed E-state index contributed by atoms with van der Waals surface area (Å²) in [5.74, 6) is -1.99. The van der Waals surface area contributed by atoms with E-state index in [0.29, 0.717) is 25.0 Å². The molecule has 7 atom stereocenters. The molecular weight excluding hydrogens is 656 g/mol. The first-order chi connectivity index (χ1) is 21.7. The van der Waals surface area contributed by atoms with Gasteiger partial charge in [-0.3, -0.25) is 14.4 Å². The second kappa shape index (κ2) is 12.7. The molecule has 3 aliphatic heterocycles. The quantitative estimate of drug-likeness (QED) is 0.229. The number of hydrogen-bond acceptors (Lipinski definition) is 7. The van der Waals surface area contributed by atoms with Gasteiger partial charge in [0.05, 0.1) is 34.7 Å². The van der Waals surface area contributed by atoms with E-state index in [1.54, 1.807) is 50.2 Å². The molecule has 2 bridgehead atoms. The van der Waals surface area contributed by atoms with Gasteiger partial charge >= 0.3 is 0 Å². The largest absolute Gasteiger partial charge is 0.394 e. The van der Waals surface area contributed by atoms with Crippen molar-refractivity contribution < 1.29 is 19.5 Å². The van der Waals surface area contributed by atoms with Crippen LogP contribution in [0.3, 0.4) is 0 Å². The van der Waals surface area contributed by atoms with Crippen molar-refractivity contribution in [2.24, 2.45) is 11.8 Å². The van der Waals surface area contributed by atoms with Crippen molar-refractivity contribution in [1.82, 2.24) is 29.7 Å². The van der Waals surface area contributed by atoms with Gasteiger partial charge in [0.2, 0.25) is 17.7 Å². The lowest BCUT2D eigenvalue weighted by atomic mass is 9.70. The number of alkyl halides is 1. The fourth-order valence-corrected chi connectivity index (χ4v) is 10.9. The van der Waals surface area contributed by atoms with Gasteiger partial charge in [0.25, 0.3) is 0 Å². The lowest BCUT2D eigenvalue weighted by molar-refractivity contribution is -0.147. The van der Waals surface area contributed by atoms with Crippen LogP contribution in [-0.2, 0) is 27.6 Å². The predicted molar refractivity (Wildman–Crippen MR) is 177 cm³/mol. The molecule has 3 aromatic rings. The molecule has 12 heteroatoms. The SMILES string of the molecule is C=CCN(Cn1nnc2ccccc21)C(=O)C1N([C@H](C)CO)C(=O)[C@@H]2[C@@H](C(=O)N(CC=C)Cc3ccccc3)[C@@H]3SC12CC3Br. The zero-order chi connectivity index (χ0) is 31.9. The molecule has 6 rings (SSSR count). The van der Waals surface area contributed by atoms with Gasteiger partial charge in [-0.1, -0.05) is 75.8 Å². The smallest absolute Gasteiger partial charge is 0.248 e. The number of aliphatic hydroxyl groups is 1. The Morgan fingerprint density at radius 2 is 1.80 bits per heavy atom. The highest BCUT2D eigenvalue weighted by Crippen LogP contribution is 2.68. The normalized spacial score (nSPS) is 27.4. The van der Waals surface area contributed by atoms with Gasteiger partial charge in [0.15, 0.2) is 0 Å². The number of amides is 3. The summed E-state index contributed by atoms with van der Waals surface area (Å²) in [6.45, 7) is 10.3. The maximum Gasteiger partial charge on any atom is 0.248 e. The van der Waals surface area contributed by atoms with E-state index >= 15 is 0 Å². The lowest BCUT2D eigenvalue weighted by Crippen LogP contribution is -2.57. The molecular formula is C33H37BrN6O4S. The van der Waals surface area contributed by atoms with Crippen LogP contribution in [0, 0.1) is 11.8 Å². The van der Waals surface area contributed by atoms with Crippen molar-refractivity contribution in [2.45, 2.75) is 53.5 Å². The molecule has 1 aromatic heterocycles. The van der Waals surface area contributed by atoms with Gasteiger partial charge in [-0.25, -0.2) is 4.68 Å². The number of thioether (sulfide) groups is 1. The summed E-state index contributed by atoms with van der Waals surface area (Å²) in [5, 5.41) is 18.6. The van der Waals surface area contributed by atoms with E-state index in [1.807, 2.05) is 54.6 Å². The monoisotopic (exact) mass is 692 g/mol. The first-order valence-electron chi connectivity index (χ1n) is 15.1. The highest BCUT2D eigenvalue weighted by atomic mass is 79.9. The van der Waals surface area contributed by atoms with Gasteiger partial charge < -0.3 is 19.8 Å².